The Bertz CT molecular complexity index is 676. The van der Waals surface area contributed by atoms with Crippen molar-refractivity contribution < 1.29 is 26.7 Å². The summed E-state index contributed by atoms with van der Waals surface area (Å²) in [6.07, 6.45) is -7.29. The van der Waals surface area contributed by atoms with E-state index in [1.807, 2.05) is 0 Å². The molecule has 2 aromatic rings. The van der Waals surface area contributed by atoms with Crippen LogP contribution in [0, 0.1) is 0 Å². The molecule has 1 aromatic carbocycles. The number of benzene rings is 1. The van der Waals surface area contributed by atoms with Crippen molar-refractivity contribution in [2.75, 3.05) is 5.32 Å². The van der Waals surface area contributed by atoms with Crippen molar-refractivity contribution in [3.8, 4) is 0 Å². The van der Waals surface area contributed by atoms with E-state index in [2.05, 4.69) is 10.4 Å². The SMILES string of the molecule is Cn1nc(C(F)F)cc1NC(=O)c1ccc(C(F)(F)F)cc1. The summed E-state index contributed by atoms with van der Waals surface area (Å²) in [6.45, 7) is 0. The smallest absolute Gasteiger partial charge is 0.307 e. The Hall–Kier alpha value is -2.45. The summed E-state index contributed by atoms with van der Waals surface area (Å²) in [5.41, 5.74) is -1.43. The van der Waals surface area contributed by atoms with Crippen LogP contribution in [0.2, 0.25) is 0 Å². The first-order valence-electron chi connectivity index (χ1n) is 5.99. The van der Waals surface area contributed by atoms with Gasteiger partial charge in [-0.1, -0.05) is 0 Å². The van der Waals surface area contributed by atoms with Crippen LogP contribution in [-0.2, 0) is 13.2 Å². The molecule has 0 saturated heterocycles. The van der Waals surface area contributed by atoms with E-state index in [0.29, 0.717) is 0 Å². The van der Waals surface area contributed by atoms with Crippen molar-refractivity contribution in [1.29, 1.82) is 0 Å². The van der Waals surface area contributed by atoms with Crippen LogP contribution in [0.3, 0.4) is 0 Å². The topological polar surface area (TPSA) is 46.9 Å². The number of halogens is 5. The summed E-state index contributed by atoms with van der Waals surface area (Å²) in [5.74, 6) is -0.710. The van der Waals surface area contributed by atoms with Crippen LogP contribution in [0.15, 0.2) is 30.3 Å². The molecule has 0 bridgehead atoms. The van der Waals surface area contributed by atoms with E-state index in [1.54, 1.807) is 0 Å². The molecular formula is C13H10F5N3O. The third-order valence-corrected chi connectivity index (χ3v) is 2.84. The largest absolute Gasteiger partial charge is 0.416 e. The molecule has 0 aliphatic rings. The monoisotopic (exact) mass is 319 g/mol. The van der Waals surface area contributed by atoms with Gasteiger partial charge < -0.3 is 5.32 Å². The number of nitrogens with one attached hydrogen (secondary N) is 1. The van der Waals surface area contributed by atoms with Gasteiger partial charge in [-0.3, -0.25) is 9.48 Å². The lowest BCUT2D eigenvalue weighted by molar-refractivity contribution is -0.137. The average molecular weight is 319 g/mol. The fourth-order valence-corrected chi connectivity index (χ4v) is 1.71. The third kappa shape index (κ3) is 3.41. The van der Waals surface area contributed by atoms with Crippen LogP contribution in [0.5, 0.6) is 0 Å². The number of alkyl halides is 5. The number of rotatable bonds is 3. The van der Waals surface area contributed by atoms with Gasteiger partial charge >= 0.3 is 6.18 Å². The van der Waals surface area contributed by atoms with Gasteiger partial charge in [0, 0.05) is 18.7 Å². The summed E-state index contributed by atoms with van der Waals surface area (Å²) in [6, 6.07) is 4.53. The van der Waals surface area contributed by atoms with Crippen molar-refractivity contribution in [2.45, 2.75) is 12.6 Å². The number of amides is 1. The van der Waals surface area contributed by atoms with Crippen LogP contribution in [0.1, 0.15) is 28.0 Å². The van der Waals surface area contributed by atoms with E-state index in [4.69, 9.17) is 0 Å². The molecule has 4 nitrogen and oxygen atoms in total. The first-order valence-corrected chi connectivity index (χ1v) is 5.99. The van der Waals surface area contributed by atoms with Gasteiger partial charge in [-0.25, -0.2) is 8.78 Å². The van der Waals surface area contributed by atoms with E-state index < -0.39 is 29.8 Å². The van der Waals surface area contributed by atoms with Crippen LogP contribution in [0.4, 0.5) is 27.8 Å². The molecule has 0 saturated carbocycles. The second kappa shape index (κ2) is 5.74. The summed E-state index contributed by atoms with van der Waals surface area (Å²) in [5, 5.41) is 5.81. The molecule has 9 heteroatoms. The van der Waals surface area contributed by atoms with Crippen LogP contribution in [0.25, 0.3) is 0 Å². The fourth-order valence-electron chi connectivity index (χ4n) is 1.71. The molecule has 1 N–H and O–H groups in total. The maximum Gasteiger partial charge on any atom is 0.416 e. The molecule has 0 unspecified atom stereocenters. The van der Waals surface area contributed by atoms with Gasteiger partial charge in [-0.2, -0.15) is 18.3 Å². The van der Waals surface area contributed by atoms with E-state index in [9.17, 15) is 26.7 Å². The third-order valence-electron chi connectivity index (χ3n) is 2.84. The molecule has 22 heavy (non-hydrogen) atoms. The van der Waals surface area contributed by atoms with Gasteiger partial charge in [0.05, 0.1) is 5.56 Å². The average Bonchev–Trinajstić information content (AvgIpc) is 2.79. The van der Waals surface area contributed by atoms with Crippen molar-refractivity contribution >= 4 is 11.7 Å². The minimum absolute atomic E-state index is 0.0141. The highest BCUT2D eigenvalue weighted by molar-refractivity contribution is 6.03. The zero-order valence-electron chi connectivity index (χ0n) is 11.2. The van der Waals surface area contributed by atoms with Crippen molar-refractivity contribution in [3.05, 3.63) is 47.2 Å². The summed E-state index contributed by atoms with van der Waals surface area (Å²) < 4.78 is 63.3. The summed E-state index contributed by atoms with van der Waals surface area (Å²) in [7, 11) is 1.36. The Morgan fingerprint density at radius 3 is 2.27 bits per heavy atom. The number of aryl methyl sites for hydroxylation is 1. The first kappa shape index (κ1) is 15.9. The van der Waals surface area contributed by atoms with Crippen LogP contribution >= 0.6 is 0 Å². The number of hydrogen-bond acceptors (Lipinski definition) is 2. The van der Waals surface area contributed by atoms with Gasteiger partial charge in [0.15, 0.2) is 0 Å². The number of carbonyl (C=O) groups excluding carboxylic acids is 1. The zero-order valence-corrected chi connectivity index (χ0v) is 11.2. The fraction of sp³-hybridized carbons (Fsp3) is 0.231. The standard InChI is InChI=1S/C13H10F5N3O/c1-21-10(6-9(20-21)11(14)15)19-12(22)7-2-4-8(5-3-7)13(16,17)18/h2-6,11H,1H3,(H,19,22). The molecule has 118 valence electrons. The Labute approximate surface area is 121 Å². The Kier molecular flexibility index (Phi) is 4.16. The zero-order chi connectivity index (χ0) is 16.5. The van der Waals surface area contributed by atoms with Gasteiger partial charge in [0.2, 0.25) is 0 Å². The van der Waals surface area contributed by atoms with Crippen molar-refractivity contribution in [2.24, 2.45) is 7.05 Å². The van der Waals surface area contributed by atoms with Crippen molar-refractivity contribution in [3.63, 3.8) is 0 Å². The Balaban J connectivity index is 2.16. The van der Waals surface area contributed by atoms with E-state index in [0.717, 1.165) is 35.0 Å². The minimum atomic E-state index is -4.50. The minimum Gasteiger partial charge on any atom is -0.307 e. The highest BCUT2D eigenvalue weighted by Crippen LogP contribution is 2.29. The molecule has 2 rings (SSSR count). The summed E-state index contributed by atoms with van der Waals surface area (Å²) in [4.78, 5) is 11.9. The second-order valence-corrected chi connectivity index (χ2v) is 4.41. The van der Waals surface area contributed by atoms with Crippen LogP contribution in [-0.4, -0.2) is 15.7 Å². The highest BCUT2D eigenvalue weighted by Gasteiger charge is 2.30. The molecule has 0 aliphatic heterocycles. The molecule has 0 spiro atoms. The highest BCUT2D eigenvalue weighted by atomic mass is 19.4. The van der Waals surface area contributed by atoms with E-state index in [1.165, 1.54) is 7.05 Å². The quantitative estimate of drug-likeness (QED) is 0.878. The van der Waals surface area contributed by atoms with E-state index >= 15 is 0 Å². The van der Waals surface area contributed by atoms with Gasteiger partial charge in [0.1, 0.15) is 11.5 Å². The molecule has 0 fully saturated rings. The van der Waals surface area contributed by atoms with Gasteiger partial charge in [-0.15, -0.1) is 0 Å². The predicted molar refractivity (Wildman–Crippen MR) is 67.6 cm³/mol. The molecular weight excluding hydrogens is 309 g/mol. The van der Waals surface area contributed by atoms with Gasteiger partial charge in [-0.05, 0) is 24.3 Å². The molecule has 0 radical (unpaired) electrons. The number of nitrogens with zero attached hydrogens (tertiary/aromatic N) is 2. The van der Waals surface area contributed by atoms with E-state index in [-0.39, 0.29) is 11.4 Å². The van der Waals surface area contributed by atoms with Crippen molar-refractivity contribution in [1.82, 2.24) is 9.78 Å². The Morgan fingerprint density at radius 2 is 1.82 bits per heavy atom. The molecule has 1 heterocycles. The predicted octanol–water partition coefficient (Wildman–Crippen LogP) is 3.63. The Morgan fingerprint density at radius 1 is 1.23 bits per heavy atom. The molecule has 0 aliphatic carbocycles. The maximum atomic E-state index is 12.5. The molecule has 1 aromatic heterocycles. The van der Waals surface area contributed by atoms with Crippen LogP contribution < -0.4 is 5.32 Å². The normalized spacial score (nSPS) is 11.8. The summed E-state index contributed by atoms with van der Waals surface area (Å²) >= 11 is 0. The van der Waals surface area contributed by atoms with Gasteiger partial charge in [0.25, 0.3) is 12.3 Å². The molecule has 0 atom stereocenters. The molecule has 1 amide bonds. The lowest BCUT2D eigenvalue weighted by Gasteiger charge is -2.08. The maximum absolute atomic E-state index is 12.5. The number of aromatic nitrogens is 2. The second-order valence-electron chi connectivity index (χ2n) is 4.41. The number of carbonyl (C=O) groups is 1. The number of anilines is 1. The lowest BCUT2D eigenvalue weighted by atomic mass is 10.1. The number of hydrogen-bond donors (Lipinski definition) is 1. The first-order chi connectivity index (χ1) is 10.2. The lowest BCUT2D eigenvalue weighted by Crippen LogP contribution is -2.15.